The van der Waals surface area contributed by atoms with Gasteiger partial charge in [-0.1, -0.05) is 32.3 Å². The van der Waals surface area contributed by atoms with Gasteiger partial charge in [0.15, 0.2) is 0 Å². The third-order valence-corrected chi connectivity index (χ3v) is 3.59. The predicted octanol–water partition coefficient (Wildman–Crippen LogP) is 4.81. The zero-order valence-electron chi connectivity index (χ0n) is 9.41. The maximum Gasteiger partial charge on any atom is 0.0299 e. The van der Waals surface area contributed by atoms with Gasteiger partial charge in [0.25, 0.3) is 0 Å². The average molecular weight is 240 g/mol. The quantitative estimate of drug-likeness (QED) is 0.513. The van der Waals surface area contributed by atoms with Crippen LogP contribution in [-0.2, 0) is 6.42 Å². The highest BCUT2D eigenvalue weighted by Crippen LogP contribution is 2.21. The normalized spacial score (nSPS) is 11.3. The molecule has 0 atom stereocenters. The minimum Gasteiger partial charge on any atom is -0.175 e. The first-order chi connectivity index (χ1) is 7.38. The number of thiol groups is 1. The summed E-state index contributed by atoms with van der Waals surface area (Å²) >= 11 is 6.01. The highest BCUT2D eigenvalue weighted by atomic mass is 32.1. The van der Waals surface area contributed by atoms with Crippen LogP contribution in [0.15, 0.2) is 17.5 Å². The van der Waals surface area contributed by atoms with Crippen molar-refractivity contribution in [1.29, 1.82) is 0 Å². The van der Waals surface area contributed by atoms with Crippen LogP contribution in [0.25, 0.3) is 6.08 Å². The summed E-state index contributed by atoms with van der Waals surface area (Å²) in [7, 11) is 0. The second kappa shape index (κ2) is 8.00. The summed E-state index contributed by atoms with van der Waals surface area (Å²) in [6, 6.07) is 2.26. The molecule has 0 aliphatic rings. The zero-order chi connectivity index (χ0) is 10.9. The Morgan fingerprint density at radius 3 is 2.93 bits per heavy atom. The van der Waals surface area contributed by atoms with Crippen LogP contribution >= 0.6 is 24.0 Å². The largest absolute Gasteiger partial charge is 0.175 e. The van der Waals surface area contributed by atoms with Gasteiger partial charge in [0.1, 0.15) is 0 Å². The number of hydrogen-bond donors (Lipinski definition) is 1. The molecule has 0 amide bonds. The SMILES string of the molecule is CCCCCCc1ccsc1C=CCS. The summed E-state index contributed by atoms with van der Waals surface area (Å²) in [4.78, 5) is 1.42. The maximum absolute atomic E-state index is 4.18. The van der Waals surface area contributed by atoms with E-state index in [0.717, 1.165) is 5.75 Å². The first kappa shape index (κ1) is 12.9. The molecule has 0 aliphatic heterocycles. The molecule has 0 bridgehead atoms. The molecule has 1 aromatic rings. The van der Waals surface area contributed by atoms with Crippen LogP contribution in [0.5, 0.6) is 0 Å². The summed E-state index contributed by atoms with van der Waals surface area (Å²) < 4.78 is 0. The Labute approximate surface area is 103 Å². The lowest BCUT2D eigenvalue weighted by Crippen LogP contribution is -1.85. The molecule has 0 fully saturated rings. The summed E-state index contributed by atoms with van der Waals surface area (Å²) in [5.41, 5.74) is 1.51. The maximum atomic E-state index is 4.18. The molecule has 0 saturated carbocycles. The van der Waals surface area contributed by atoms with E-state index in [2.05, 4.69) is 43.2 Å². The van der Waals surface area contributed by atoms with Gasteiger partial charge in [0.2, 0.25) is 0 Å². The van der Waals surface area contributed by atoms with Crippen molar-refractivity contribution in [2.45, 2.75) is 39.0 Å². The molecule has 0 radical (unpaired) electrons. The van der Waals surface area contributed by atoms with E-state index in [1.54, 1.807) is 0 Å². The van der Waals surface area contributed by atoms with Crippen LogP contribution < -0.4 is 0 Å². The number of hydrogen-bond acceptors (Lipinski definition) is 2. The van der Waals surface area contributed by atoms with Crippen LogP contribution in [0.4, 0.5) is 0 Å². The van der Waals surface area contributed by atoms with Crippen LogP contribution in [0.3, 0.4) is 0 Å². The lowest BCUT2D eigenvalue weighted by molar-refractivity contribution is 0.667. The monoisotopic (exact) mass is 240 g/mol. The van der Waals surface area contributed by atoms with Gasteiger partial charge >= 0.3 is 0 Å². The van der Waals surface area contributed by atoms with Crippen molar-refractivity contribution in [1.82, 2.24) is 0 Å². The van der Waals surface area contributed by atoms with E-state index < -0.39 is 0 Å². The van der Waals surface area contributed by atoms with Crippen molar-refractivity contribution in [3.05, 3.63) is 28.0 Å². The van der Waals surface area contributed by atoms with E-state index in [1.807, 2.05) is 11.3 Å². The van der Waals surface area contributed by atoms with E-state index >= 15 is 0 Å². The van der Waals surface area contributed by atoms with Gasteiger partial charge in [-0.2, -0.15) is 12.6 Å². The molecule has 0 unspecified atom stereocenters. The van der Waals surface area contributed by atoms with Gasteiger partial charge in [-0.05, 0) is 35.9 Å². The van der Waals surface area contributed by atoms with Crippen LogP contribution in [0.1, 0.15) is 43.0 Å². The zero-order valence-corrected chi connectivity index (χ0v) is 11.1. The smallest absolute Gasteiger partial charge is 0.0299 e. The Bertz CT molecular complexity index is 286. The Kier molecular flexibility index (Phi) is 6.86. The second-order valence-corrected chi connectivity index (χ2v) is 5.02. The summed E-state index contributed by atoms with van der Waals surface area (Å²) in [5, 5.41) is 2.19. The van der Waals surface area contributed by atoms with Crippen LogP contribution in [0, 0.1) is 0 Å². The number of aryl methyl sites for hydroxylation is 1. The topological polar surface area (TPSA) is 0 Å². The molecule has 1 rings (SSSR count). The van der Waals surface area contributed by atoms with Crippen LogP contribution in [0.2, 0.25) is 0 Å². The number of thiophene rings is 1. The van der Waals surface area contributed by atoms with Crippen molar-refractivity contribution in [2.24, 2.45) is 0 Å². The molecule has 2 heteroatoms. The summed E-state index contributed by atoms with van der Waals surface area (Å²) in [6.07, 6.45) is 10.9. The number of unbranched alkanes of at least 4 members (excludes halogenated alkanes) is 3. The molecule has 0 N–H and O–H groups in total. The van der Waals surface area contributed by atoms with Crippen LogP contribution in [-0.4, -0.2) is 5.75 Å². The minimum atomic E-state index is 0.827. The third-order valence-electron chi connectivity index (χ3n) is 2.46. The Hall–Kier alpha value is -0.210. The minimum absolute atomic E-state index is 0.827. The highest BCUT2D eigenvalue weighted by molar-refractivity contribution is 7.80. The Balaban J connectivity index is 2.39. The van der Waals surface area contributed by atoms with E-state index in [1.165, 1.54) is 42.5 Å². The molecular weight excluding hydrogens is 220 g/mol. The number of rotatable bonds is 7. The van der Waals surface area contributed by atoms with Crippen molar-refractivity contribution >= 4 is 30.0 Å². The van der Waals surface area contributed by atoms with E-state index in [0.29, 0.717) is 0 Å². The molecule has 0 nitrogen and oxygen atoms in total. The fourth-order valence-corrected chi connectivity index (χ4v) is 2.58. The summed E-state index contributed by atoms with van der Waals surface area (Å²) in [5.74, 6) is 0.827. The molecule has 0 spiro atoms. The van der Waals surface area contributed by atoms with Crippen molar-refractivity contribution in [3.8, 4) is 0 Å². The lowest BCUT2D eigenvalue weighted by Gasteiger charge is -2.00. The highest BCUT2D eigenvalue weighted by Gasteiger charge is 2.00. The van der Waals surface area contributed by atoms with Crippen molar-refractivity contribution in [3.63, 3.8) is 0 Å². The Morgan fingerprint density at radius 2 is 2.20 bits per heavy atom. The van der Waals surface area contributed by atoms with Gasteiger partial charge in [-0.15, -0.1) is 11.3 Å². The van der Waals surface area contributed by atoms with Gasteiger partial charge < -0.3 is 0 Å². The van der Waals surface area contributed by atoms with Crippen molar-refractivity contribution in [2.75, 3.05) is 5.75 Å². The molecule has 0 saturated heterocycles. The van der Waals surface area contributed by atoms with Gasteiger partial charge in [-0.25, -0.2) is 0 Å². The standard InChI is InChI=1S/C13H20S2/c1-2-3-4-5-7-12-9-11-15-13(12)8-6-10-14/h6,8-9,11,14H,2-5,7,10H2,1H3. The Morgan fingerprint density at radius 1 is 1.33 bits per heavy atom. The fraction of sp³-hybridized carbons (Fsp3) is 0.538. The fourth-order valence-electron chi connectivity index (χ4n) is 1.60. The first-order valence-electron chi connectivity index (χ1n) is 5.72. The average Bonchev–Trinajstić information content (AvgIpc) is 2.69. The molecule has 1 aromatic heterocycles. The molecule has 15 heavy (non-hydrogen) atoms. The molecule has 0 aromatic carbocycles. The third kappa shape index (κ3) is 4.89. The molecule has 0 aliphatic carbocycles. The molecule has 1 heterocycles. The van der Waals surface area contributed by atoms with Gasteiger partial charge in [-0.3, -0.25) is 0 Å². The first-order valence-corrected chi connectivity index (χ1v) is 7.23. The summed E-state index contributed by atoms with van der Waals surface area (Å²) in [6.45, 7) is 2.26. The lowest BCUT2D eigenvalue weighted by atomic mass is 10.1. The van der Waals surface area contributed by atoms with E-state index in [9.17, 15) is 0 Å². The molecule has 84 valence electrons. The predicted molar refractivity (Wildman–Crippen MR) is 75.1 cm³/mol. The van der Waals surface area contributed by atoms with E-state index in [-0.39, 0.29) is 0 Å². The van der Waals surface area contributed by atoms with Crippen molar-refractivity contribution < 1.29 is 0 Å². The second-order valence-electron chi connectivity index (χ2n) is 3.71. The van der Waals surface area contributed by atoms with E-state index in [4.69, 9.17) is 0 Å². The molecular formula is C13H20S2. The van der Waals surface area contributed by atoms with Gasteiger partial charge in [0, 0.05) is 10.6 Å². The van der Waals surface area contributed by atoms with Gasteiger partial charge in [0.05, 0.1) is 0 Å².